The molecule has 2 aromatic rings. The van der Waals surface area contributed by atoms with E-state index in [1.807, 2.05) is 24.3 Å². The summed E-state index contributed by atoms with van der Waals surface area (Å²) in [5.74, 6) is -0.750. The molecule has 2 aliphatic heterocycles. The Labute approximate surface area is 111 Å². The lowest BCUT2D eigenvalue weighted by Gasteiger charge is -2.20. The lowest BCUT2D eigenvalue weighted by atomic mass is 9.99. The maximum absolute atomic E-state index is 5.75. The molecule has 0 amide bonds. The van der Waals surface area contributed by atoms with Crippen molar-refractivity contribution in [2.75, 3.05) is 13.2 Å². The van der Waals surface area contributed by atoms with Crippen LogP contribution in [-0.2, 0) is 15.3 Å². The average Bonchev–Trinajstić information content (AvgIpc) is 3.09. The summed E-state index contributed by atoms with van der Waals surface area (Å²) in [6, 6.07) is 16.5. The number of ether oxygens (including phenoxy) is 2. The van der Waals surface area contributed by atoms with Gasteiger partial charge in [0.05, 0.1) is 25.1 Å². The second-order valence-corrected chi connectivity index (χ2v) is 4.72. The van der Waals surface area contributed by atoms with Crippen molar-refractivity contribution in [3.8, 4) is 11.1 Å². The van der Waals surface area contributed by atoms with Crippen molar-refractivity contribution in [2.24, 2.45) is 4.99 Å². The van der Waals surface area contributed by atoms with E-state index in [0.717, 1.165) is 16.8 Å². The monoisotopic (exact) mass is 251 g/mol. The fraction of sp³-hybridized carbons (Fsp3) is 0.188. The molecule has 2 heterocycles. The first kappa shape index (κ1) is 10.9. The van der Waals surface area contributed by atoms with Gasteiger partial charge in [0.25, 0.3) is 0 Å². The number of hydrogen-bond donors (Lipinski definition) is 0. The molecule has 4 rings (SSSR count). The molecule has 19 heavy (non-hydrogen) atoms. The van der Waals surface area contributed by atoms with Crippen LogP contribution in [0.2, 0.25) is 0 Å². The van der Waals surface area contributed by atoms with E-state index in [1.165, 1.54) is 5.56 Å². The van der Waals surface area contributed by atoms with E-state index < -0.39 is 5.79 Å². The van der Waals surface area contributed by atoms with E-state index in [4.69, 9.17) is 9.47 Å². The minimum Gasteiger partial charge on any atom is -0.339 e. The largest absolute Gasteiger partial charge is 0.339 e. The average molecular weight is 251 g/mol. The third kappa shape index (κ3) is 1.63. The normalized spacial score (nSPS) is 18.9. The minimum atomic E-state index is -0.750. The highest BCUT2D eigenvalue weighted by molar-refractivity contribution is 5.84. The van der Waals surface area contributed by atoms with Gasteiger partial charge >= 0.3 is 0 Å². The summed E-state index contributed by atoms with van der Waals surface area (Å²) in [5.41, 5.74) is 4.28. The summed E-state index contributed by atoms with van der Waals surface area (Å²) in [6.07, 6.45) is 1.76. The Hall–Kier alpha value is -1.97. The van der Waals surface area contributed by atoms with E-state index in [-0.39, 0.29) is 0 Å². The highest BCUT2D eigenvalue weighted by Crippen LogP contribution is 2.42. The number of rotatable bonds is 1. The van der Waals surface area contributed by atoms with Crippen LogP contribution in [0.4, 0.5) is 5.69 Å². The zero-order valence-electron chi connectivity index (χ0n) is 10.4. The van der Waals surface area contributed by atoms with Gasteiger partial charge in [0, 0.05) is 5.56 Å². The quantitative estimate of drug-likeness (QED) is 0.778. The van der Waals surface area contributed by atoms with Gasteiger partial charge in [-0.3, -0.25) is 4.99 Å². The molecule has 3 heteroatoms. The van der Waals surface area contributed by atoms with Crippen molar-refractivity contribution < 1.29 is 9.47 Å². The molecule has 0 bridgehead atoms. The molecular weight excluding hydrogens is 238 g/mol. The predicted molar refractivity (Wildman–Crippen MR) is 73.6 cm³/mol. The summed E-state index contributed by atoms with van der Waals surface area (Å²) in [4.78, 5) is 4.39. The summed E-state index contributed by atoms with van der Waals surface area (Å²) in [7, 11) is 0. The lowest BCUT2D eigenvalue weighted by Crippen LogP contribution is -2.26. The van der Waals surface area contributed by atoms with Gasteiger partial charge < -0.3 is 9.47 Å². The minimum absolute atomic E-state index is 0.612. The Bertz CT molecular complexity index is 643. The Balaban J connectivity index is 1.83. The van der Waals surface area contributed by atoms with Crippen LogP contribution in [0.1, 0.15) is 5.56 Å². The number of fused-ring (bicyclic) bond motifs is 2. The van der Waals surface area contributed by atoms with Crippen LogP contribution < -0.4 is 0 Å². The topological polar surface area (TPSA) is 30.8 Å². The molecular formula is C16H13NO2. The summed E-state index contributed by atoms with van der Waals surface area (Å²) >= 11 is 0. The van der Waals surface area contributed by atoms with E-state index >= 15 is 0 Å². The van der Waals surface area contributed by atoms with Gasteiger partial charge in [-0.05, 0) is 23.3 Å². The molecule has 0 unspecified atom stereocenters. The maximum Gasteiger partial charge on any atom is 0.235 e. The highest BCUT2D eigenvalue weighted by Gasteiger charge is 2.42. The van der Waals surface area contributed by atoms with E-state index in [9.17, 15) is 0 Å². The van der Waals surface area contributed by atoms with Crippen molar-refractivity contribution in [2.45, 2.75) is 5.79 Å². The Kier molecular flexibility index (Phi) is 2.31. The Morgan fingerprint density at radius 1 is 0.895 bits per heavy atom. The van der Waals surface area contributed by atoms with Crippen molar-refractivity contribution in [1.29, 1.82) is 0 Å². The highest BCUT2D eigenvalue weighted by atomic mass is 16.7. The number of benzene rings is 2. The third-order valence-corrected chi connectivity index (χ3v) is 3.57. The van der Waals surface area contributed by atoms with Gasteiger partial charge in [-0.1, -0.05) is 36.4 Å². The maximum atomic E-state index is 5.75. The molecule has 0 N–H and O–H groups in total. The number of aliphatic imine (C=N–C) groups is 1. The molecule has 1 fully saturated rings. The van der Waals surface area contributed by atoms with Crippen LogP contribution in [-0.4, -0.2) is 19.4 Å². The zero-order chi connectivity index (χ0) is 12.7. The van der Waals surface area contributed by atoms with Crippen LogP contribution in [0.5, 0.6) is 0 Å². The van der Waals surface area contributed by atoms with Gasteiger partial charge in [-0.2, -0.15) is 0 Å². The van der Waals surface area contributed by atoms with Gasteiger partial charge in [0.2, 0.25) is 5.79 Å². The summed E-state index contributed by atoms with van der Waals surface area (Å²) in [6.45, 7) is 1.22. The Morgan fingerprint density at radius 2 is 1.68 bits per heavy atom. The first-order chi connectivity index (χ1) is 9.37. The molecule has 0 aromatic heterocycles. The van der Waals surface area contributed by atoms with Gasteiger partial charge in [0.15, 0.2) is 0 Å². The van der Waals surface area contributed by atoms with Gasteiger partial charge in [-0.15, -0.1) is 0 Å². The second-order valence-electron chi connectivity index (χ2n) is 4.72. The molecule has 1 spiro atoms. The SMILES string of the molecule is C1=Nc2ccc(-c3ccccc3)cc2C12OCCO2. The fourth-order valence-corrected chi connectivity index (χ4v) is 2.62. The molecule has 3 nitrogen and oxygen atoms in total. The standard InChI is InChI=1S/C16H13NO2/c1-2-4-12(5-3-1)13-6-7-15-14(10-13)16(11-17-15)18-8-9-19-16/h1-7,10-11H,8-9H2. The van der Waals surface area contributed by atoms with E-state index in [2.05, 4.69) is 29.3 Å². The molecule has 0 aliphatic carbocycles. The first-order valence-corrected chi connectivity index (χ1v) is 6.40. The third-order valence-electron chi connectivity index (χ3n) is 3.57. The Morgan fingerprint density at radius 3 is 2.47 bits per heavy atom. The number of nitrogens with zero attached hydrogens (tertiary/aromatic N) is 1. The van der Waals surface area contributed by atoms with Gasteiger partial charge in [0.1, 0.15) is 0 Å². The predicted octanol–water partition coefficient (Wildman–Crippen LogP) is 3.27. The van der Waals surface area contributed by atoms with Crippen LogP contribution in [0, 0.1) is 0 Å². The summed E-state index contributed by atoms with van der Waals surface area (Å²) < 4.78 is 11.5. The summed E-state index contributed by atoms with van der Waals surface area (Å²) in [5, 5.41) is 0. The number of hydrogen-bond acceptors (Lipinski definition) is 3. The molecule has 2 aliphatic rings. The van der Waals surface area contributed by atoms with Crippen molar-refractivity contribution >= 4 is 11.9 Å². The van der Waals surface area contributed by atoms with Crippen molar-refractivity contribution in [3.05, 3.63) is 54.1 Å². The fourth-order valence-electron chi connectivity index (χ4n) is 2.62. The van der Waals surface area contributed by atoms with Crippen LogP contribution >= 0.6 is 0 Å². The van der Waals surface area contributed by atoms with Crippen molar-refractivity contribution in [3.63, 3.8) is 0 Å². The zero-order valence-corrected chi connectivity index (χ0v) is 10.4. The first-order valence-electron chi connectivity index (χ1n) is 6.40. The molecule has 0 saturated carbocycles. The smallest absolute Gasteiger partial charge is 0.235 e. The van der Waals surface area contributed by atoms with Crippen LogP contribution in [0.3, 0.4) is 0 Å². The van der Waals surface area contributed by atoms with Crippen LogP contribution in [0.25, 0.3) is 11.1 Å². The molecule has 0 radical (unpaired) electrons. The van der Waals surface area contributed by atoms with E-state index in [0.29, 0.717) is 13.2 Å². The second kappa shape index (κ2) is 4.02. The van der Waals surface area contributed by atoms with E-state index in [1.54, 1.807) is 6.21 Å². The molecule has 0 atom stereocenters. The molecule has 1 saturated heterocycles. The van der Waals surface area contributed by atoms with Crippen molar-refractivity contribution in [1.82, 2.24) is 0 Å². The van der Waals surface area contributed by atoms with Gasteiger partial charge in [-0.25, -0.2) is 0 Å². The van der Waals surface area contributed by atoms with Crippen LogP contribution in [0.15, 0.2) is 53.5 Å². The lowest BCUT2D eigenvalue weighted by molar-refractivity contribution is -0.0969. The molecule has 2 aromatic carbocycles. The molecule has 94 valence electrons.